The maximum absolute atomic E-state index is 14.3. The molecule has 0 aliphatic heterocycles. The third-order valence-electron chi connectivity index (χ3n) is 2.58. The van der Waals surface area contributed by atoms with Gasteiger partial charge in [0, 0.05) is 5.41 Å². The second kappa shape index (κ2) is 7.64. The standard InChI is InChI=1S/C13H21F3INO3/c1-12(2,3)21-11(20)18-7(8(19)10(16)17)9(15)13(4,5)6-14/h7,9-10H,6H2,1-5H3,(H,18,20). The van der Waals surface area contributed by atoms with Crippen molar-refractivity contribution in [1.82, 2.24) is 5.32 Å². The van der Waals surface area contributed by atoms with Gasteiger partial charge in [-0.1, -0.05) is 13.8 Å². The number of nitrogens with one attached hydrogen (secondary N) is 1. The first-order valence-corrected chi connectivity index (χ1v) is 7.58. The van der Waals surface area contributed by atoms with Gasteiger partial charge in [0.25, 0.3) is 0 Å². The fourth-order valence-electron chi connectivity index (χ4n) is 1.38. The highest BCUT2D eigenvalue weighted by atomic mass is 127. The number of alkyl halides is 4. The normalized spacial score (nSPS) is 16.8. The molecule has 0 spiro atoms. The highest BCUT2D eigenvalue weighted by molar-refractivity contribution is 14.1. The molecule has 0 bridgehead atoms. The van der Waals surface area contributed by atoms with Crippen LogP contribution in [0.3, 0.4) is 0 Å². The van der Waals surface area contributed by atoms with Crippen LogP contribution in [-0.2, 0) is 9.53 Å². The summed E-state index contributed by atoms with van der Waals surface area (Å²) in [6, 6.07) is -1.81. The van der Waals surface area contributed by atoms with Crippen LogP contribution in [-0.4, -0.2) is 40.5 Å². The minimum Gasteiger partial charge on any atom is -0.444 e. The summed E-state index contributed by atoms with van der Waals surface area (Å²) in [6.07, 6.45) is -3.15. The molecule has 0 aromatic carbocycles. The average molecular weight is 423 g/mol. The molecule has 124 valence electrons. The fraction of sp³-hybridized carbons (Fsp3) is 0.846. The Bertz CT molecular complexity index is 383. The number of Topliss-reactive ketones (excluding diaryl/α,β-unsaturated/α-hetero) is 1. The van der Waals surface area contributed by atoms with Gasteiger partial charge in [0.1, 0.15) is 17.8 Å². The zero-order valence-corrected chi connectivity index (χ0v) is 14.8. The lowest BCUT2D eigenvalue weighted by Gasteiger charge is -2.32. The van der Waals surface area contributed by atoms with Crippen LogP contribution in [0.1, 0.15) is 34.6 Å². The number of halogens is 4. The molecule has 0 saturated carbocycles. The summed E-state index contributed by atoms with van der Waals surface area (Å²) in [5, 5.41) is 2.00. The first-order valence-electron chi connectivity index (χ1n) is 6.33. The molecule has 0 rings (SSSR count). The van der Waals surface area contributed by atoms with E-state index in [9.17, 15) is 22.8 Å². The van der Waals surface area contributed by atoms with E-state index >= 15 is 0 Å². The van der Waals surface area contributed by atoms with Crippen molar-refractivity contribution in [3.05, 3.63) is 0 Å². The van der Waals surface area contributed by atoms with Crippen LogP contribution in [0.2, 0.25) is 0 Å². The van der Waals surface area contributed by atoms with E-state index in [0.717, 1.165) is 22.6 Å². The Kier molecular flexibility index (Phi) is 7.44. The zero-order valence-electron chi connectivity index (χ0n) is 12.7. The summed E-state index contributed by atoms with van der Waals surface area (Å²) >= 11 is 1.16. The van der Waals surface area contributed by atoms with Gasteiger partial charge in [-0.3, -0.25) is 9.18 Å². The van der Waals surface area contributed by atoms with Gasteiger partial charge >= 0.3 is 6.09 Å². The quantitative estimate of drug-likeness (QED) is 0.526. The summed E-state index contributed by atoms with van der Waals surface area (Å²) in [5.74, 6) is -1.17. The van der Waals surface area contributed by atoms with Gasteiger partial charge in [-0.2, -0.15) is 0 Å². The molecule has 8 heteroatoms. The lowest BCUT2D eigenvalue weighted by atomic mass is 9.83. The van der Waals surface area contributed by atoms with Gasteiger partial charge in [-0.15, -0.1) is 0 Å². The summed E-state index contributed by atoms with van der Waals surface area (Å²) in [6.45, 7) is 6.17. The van der Waals surface area contributed by atoms with Crippen molar-refractivity contribution in [2.24, 2.45) is 5.41 Å². The van der Waals surface area contributed by atoms with E-state index in [2.05, 4.69) is 0 Å². The van der Waals surface area contributed by atoms with E-state index in [4.69, 9.17) is 4.74 Å². The monoisotopic (exact) mass is 423 g/mol. The van der Waals surface area contributed by atoms with Crippen molar-refractivity contribution < 1.29 is 27.5 Å². The third-order valence-corrected chi connectivity index (χ3v) is 3.19. The maximum Gasteiger partial charge on any atom is 0.408 e. The Hall–Kier alpha value is -0.540. The predicted octanol–water partition coefficient (Wildman–Crippen LogP) is 3.51. The summed E-state index contributed by atoms with van der Waals surface area (Å²) < 4.78 is 43.3. The molecule has 0 aliphatic rings. The van der Waals surface area contributed by atoms with Crippen molar-refractivity contribution in [1.29, 1.82) is 0 Å². The first kappa shape index (κ1) is 20.5. The van der Waals surface area contributed by atoms with E-state index < -0.39 is 46.0 Å². The lowest BCUT2D eigenvalue weighted by molar-refractivity contribution is -0.125. The number of hydrogen-bond acceptors (Lipinski definition) is 3. The molecule has 0 heterocycles. The molecule has 0 aromatic heterocycles. The van der Waals surface area contributed by atoms with Gasteiger partial charge in [0.2, 0.25) is 9.96 Å². The minimum absolute atomic E-state index is 0.863. The topological polar surface area (TPSA) is 55.4 Å². The SMILES string of the molecule is CC(C)(C)OC(=O)NC(C(=O)C(F)I)C(F)C(C)(C)CF. The highest BCUT2D eigenvalue weighted by Gasteiger charge is 2.43. The highest BCUT2D eigenvalue weighted by Crippen LogP contribution is 2.28. The number of ether oxygens (including phenoxy) is 1. The first-order chi connectivity index (χ1) is 9.31. The lowest BCUT2D eigenvalue weighted by Crippen LogP contribution is -2.54. The van der Waals surface area contributed by atoms with Gasteiger partial charge in [0.05, 0.1) is 6.67 Å². The molecular formula is C13H21F3INO3. The Morgan fingerprint density at radius 3 is 2.00 bits per heavy atom. The Morgan fingerprint density at radius 2 is 1.67 bits per heavy atom. The van der Waals surface area contributed by atoms with Crippen LogP contribution in [0.25, 0.3) is 0 Å². The van der Waals surface area contributed by atoms with Gasteiger partial charge < -0.3 is 10.1 Å². The number of ketones is 1. The van der Waals surface area contributed by atoms with E-state index in [1.54, 1.807) is 20.8 Å². The van der Waals surface area contributed by atoms with E-state index in [1.165, 1.54) is 13.8 Å². The molecule has 21 heavy (non-hydrogen) atoms. The van der Waals surface area contributed by atoms with Crippen molar-refractivity contribution in [2.45, 2.75) is 56.6 Å². The second-order valence-electron chi connectivity index (χ2n) is 6.35. The summed E-state index contributed by atoms with van der Waals surface area (Å²) in [4.78, 5) is 23.4. The number of hydrogen-bond donors (Lipinski definition) is 1. The number of carbonyl (C=O) groups is 2. The van der Waals surface area contributed by atoms with Crippen molar-refractivity contribution in [3.8, 4) is 0 Å². The largest absolute Gasteiger partial charge is 0.444 e. The van der Waals surface area contributed by atoms with Crippen LogP contribution in [0.4, 0.5) is 18.0 Å². The molecule has 0 radical (unpaired) electrons. The molecule has 3 atom stereocenters. The summed E-state index contributed by atoms with van der Waals surface area (Å²) in [7, 11) is 0. The van der Waals surface area contributed by atoms with Crippen LogP contribution in [0, 0.1) is 5.41 Å². The predicted molar refractivity (Wildman–Crippen MR) is 81.7 cm³/mol. The van der Waals surface area contributed by atoms with Crippen LogP contribution in [0.5, 0.6) is 0 Å². The smallest absolute Gasteiger partial charge is 0.408 e. The fourth-order valence-corrected chi connectivity index (χ4v) is 1.77. The number of carbonyl (C=O) groups excluding carboxylic acids is 2. The average Bonchev–Trinajstić information content (AvgIpc) is 2.31. The number of rotatable bonds is 6. The molecule has 0 saturated heterocycles. The van der Waals surface area contributed by atoms with E-state index in [1.807, 2.05) is 5.32 Å². The maximum atomic E-state index is 14.3. The van der Waals surface area contributed by atoms with Gasteiger partial charge in [-0.05, 0) is 43.4 Å². The molecule has 0 aliphatic carbocycles. The molecule has 1 amide bonds. The molecule has 0 fully saturated rings. The second-order valence-corrected chi connectivity index (χ2v) is 7.44. The Labute approximate surface area is 136 Å². The van der Waals surface area contributed by atoms with E-state index in [-0.39, 0.29) is 0 Å². The minimum atomic E-state index is -2.09. The van der Waals surface area contributed by atoms with E-state index in [0.29, 0.717) is 0 Å². The Balaban J connectivity index is 5.18. The number of alkyl carbamates (subject to hydrolysis) is 1. The van der Waals surface area contributed by atoms with Crippen molar-refractivity contribution >= 4 is 34.5 Å². The zero-order chi connectivity index (χ0) is 17.0. The van der Waals surface area contributed by atoms with Crippen LogP contribution in [0.15, 0.2) is 0 Å². The Morgan fingerprint density at radius 1 is 1.19 bits per heavy atom. The van der Waals surface area contributed by atoms with Gasteiger partial charge in [-0.25, -0.2) is 13.6 Å². The molecule has 0 aromatic rings. The third kappa shape index (κ3) is 6.84. The van der Waals surface area contributed by atoms with Crippen LogP contribution >= 0.6 is 22.6 Å². The number of amides is 1. The van der Waals surface area contributed by atoms with Crippen LogP contribution < -0.4 is 5.32 Å². The molecule has 3 unspecified atom stereocenters. The molecule has 1 N–H and O–H groups in total. The van der Waals surface area contributed by atoms with Crippen molar-refractivity contribution in [2.75, 3.05) is 6.67 Å². The van der Waals surface area contributed by atoms with Gasteiger partial charge in [0.15, 0.2) is 0 Å². The molecular weight excluding hydrogens is 402 g/mol. The molecule has 4 nitrogen and oxygen atoms in total. The summed E-state index contributed by atoms with van der Waals surface area (Å²) in [5.41, 5.74) is -2.40. The van der Waals surface area contributed by atoms with Crippen molar-refractivity contribution in [3.63, 3.8) is 0 Å².